The van der Waals surface area contributed by atoms with Gasteiger partial charge in [0.25, 0.3) is 0 Å². The molecule has 2 N–H and O–H groups in total. The van der Waals surface area contributed by atoms with Crippen molar-refractivity contribution in [2.45, 2.75) is 46.6 Å². The summed E-state index contributed by atoms with van der Waals surface area (Å²) in [4.78, 5) is 36.0. The van der Waals surface area contributed by atoms with Gasteiger partial charge in [-0.2, -0.15) is 0 Å². The van der Waals surface area contributed by atoms with Crippen molar-refractivity contribution in [2.75, 3.05) is 19.6 Å². The first-order valence-electron chi connectivity index (χ1n) is 7.37. The summed E-state index contributed by atoms with van der Waals surface area (Å²) >= 11 is 0. The molecule has 1 unspecified atom stereocenters. The van der Waals surface area contributed by atoms with Crippen molar-refractivity contribution in [2.24, 2.45) is 11.3 Å². The Morgan fingerprint density at radius 1 is 1.32 bits per heavy atom. The molecule has 126 valence electrons. The number of hydrogen-bond acceptors (Lipinski definition) is 4. The molecule has 0 aromatic carbocycles. The summed E-state index contributed by atoms with van der Waals surface area (Å²) in [5.41, 5.74) is -0.937. The number of carboxylic acids is 1. The Kier molecular flexibility index (Phi) is 5.43. The SMILES string of the molecule is CC(C)(CNC(=O)OC(C)(C)C)CN1CC(C(=O)O)CC1=O. The van der Waals surface area contributed by atoms with Crippen LogP contribution in [0.3, 0.4) is 0 Å². The van der Waals surface area contributed by atoms with E-state index in [2.05, 4.69) is 5.32 Å². The first-order valence-corrected chi connectivity index (χ1v) is 7.37. The number of alkyl carbamates (subject to hydrolysis) is 1. The molecule has 0 radical (unpaired) electrons. The molecule has 0 aromatic heterocycles. The summed E-state index contributed by atoms with van der Waals surface area (Å²) < 4.78 is 5.16. The minimum atomic E-state index is -0.944. The second-order valence-electron chi connectivity index (χ2n) is 7.53. The number of aliphatic carboxylic acids is 1. The summed E-state index contributed by atoms with van der Waals surface area (Å²) in [5, 5.41) is 11.7. The highest BCUT2D eigenvalue weighted by Crippen LogP contribution is 2.24. The van der Waals surface area contributed by atoms with E-state index in [0.29, 0.717) is 13.1 Å². The van der Waals surface area contributed by atoms with Crippen LogP contribution in [-0.4, -0.2) is 53.2 Å². The van der Waals surface area contributed by atoms with Crippen LogP contribution < -0.4 is 5.32 Å². The summed E-state index contributed by atoms with van der Waals surface area (Å²) in [5.74, 6) is -1.74. The number of ether oxygens (including phenoxy) is 1. The molecule has 7 nitrogen and oxygen atoms in total. The van der Waals surface area contributed by atoms with Crippen molar-refractivity contribution in [1.29, 1.82) is 0 Å². The zero-order chi connectivity index (χ0) is 17.1. The molecule has 1 fully saturated rings. The van der Waals surface area contributed by atoms with Crippen molar-refractivity contribution >= 4 is 18.0 Å². The van der Waals surface area contributed by atoms with E-state index in [1.165, 1.54) is 0 Å². The predicted octanol–water partition coefficient (Wildman–Crippen LogP) is 1.47. The third kappa shape index (κ3) is 5.91. The van der Waals surface area contributed by atoms with Crippen LogP contribution in [0.4, 0.5) is 4.79 Å². The number of amides is 2. The highest BCUT2D eigenvalue weighted by molar-refractivity contribution is 5.86. The van der Waals surface area contributed by atoms with Gasteiger partial charge in [-0.05, 0) is 26.2 Å². The molecule has 22 heavy (non-hydrogen) atoms. The minimum Gasteiger partial charge on any atom is -0.481 e. The van der Waals surface area contributed by atoms with E-state index in [1.807, 2.05) is 13.8 Å². The number of carbonyl (C=O) groups excluding carboxylic acids is 2. The van der Waals surface area contributed by atoms with Crippen molar-refractivity contribution in [3.05, 3.63) is 0 Å². The topological polar surface area (TPSA) is 95.9 Å². The third-order valence-electron chi connectivity index (χ3n) is 3.29. The lowest BCUT2D eigenvalue weighted by molar-refractivity contribution is -0.141. The van der Waals surface area contributed by atoms with Crippen molar-refractivity contribution in [1.82, 2.24) is 10.2 Å². The Morgan fingerprint density at radius 3 is 2.36 bits per heavy atom. The second-order valence-corrected chi connectivity index (χ2v) is 7.53. The van der Waals surface area contributed by atoms with Crippen LogP contribution >= 0.6 is 0 Å². The maximum Gasteiger partial charge on any atom is 0.407 e. The van der Waals surface area contributed by atoms with E-state index in [-0.39, 0.29) is 24.3 Å². The van der Waals surface area contributed by atoms with E-state index in [1.54, 1.807) is 25.7 Å². The standard InChI is InChI=1S/C15H26N2O5/c1-14(2,3)22-13(21)16-8-15(4,5)9-17-7-10(12(19)20)6-11(17)18/h10H,6-9H2,1-5H3,(H,16,21)(H,19,20). The molecule has 2 amide bonds. The normalized spacial score (nSPS) is 19.2. The molecular weight excluding hydrogens is 288 g/mol. The van der Waals surface area contributed by atoms with Gasteiger partial charge >= 0.3 is 12.1 Å². The van der Waals surface area contributed by atoms with Crippen LogP contribution in [0.1, 0.15) is 41.0 Å². The molecule has 0 aromatic rings. The van der Waals surface area contributed by atoms with Crippen LogP contribution in [-0.2, 0) is 14.3 Å². The van der Waals surface area contributed by atoms with Gasteiger partial charge in [-0.15, -0.1) is 0 Å². The molecule has 7 heteroatoms. The molecule has 1 aliphatic rings. The molecule has 1 saturated heterocycles. The van der Waals surface area contributed by atoms with Gasteiger partial charge in [0.2, 0.25) is 5.91 Å². The molecule has 0 aliphatic carbocycles. The smallest absolute Gasteiger partial charge is 0.407 e. The quantitative estimate of drug-likeness (QED) is 0.801. The van der Waals surface area contributed by atoms with Gasteiger partial charge in [-0.3, -0.25) is 9.59 Å². The summed E-state index contributed by atoms with van der Waals surface area (Å²) in [7, 11) is 0. The van der Waals surface area contributed by atoms with E-state index < -0.39 is 23.6 Å². The largest absolute Gasteiger partial charge is 0.481 e. The molecule has 0 spiro atoms. The first-order chi connectivity index (χ1) is 9.89. The Labute approximate surface area is 131 Å². The molecule has 1 aliphatic heterocycles. The fraction of sp³-hybridized carbons (Fsp3) is 0.800. The monoisotopic (exact) mass is 314 g/mol. The Morgan fingerprint density at radius 2 is 1.91 bits per heavy atom. The lowest BCUT2D eigenvalue weighted by Crippen LogP contribution is -2.44. The van der Waals surface area contributed by atoms with Crippen LogP contribution in [0, 0.1) is 11.3 Å². The molecule has 0 saturated carbocycles. The van der Waals surface area contributed by atoms with Gasteiger partial charge in [-0.25, -0.2) is 4.79 Å². The summed E-state index contributed by atoms with van der Waals surface area (Å²) in [6, 6.07) is 0. The number of carbonyl (C=O) groups is 3. The Hall–Kier alpha value is -1.79. The fourth-order valence-corrected chi connectivity index (χ4v) is 2.29. The van der Waals surface area contributed by atoms with Crippen molar-refractivity contribution in [3.8, 4) is 0 Å². The van der Waals surface area contributed by atoms with E-state index >= 15 is 0 Å². The van der Waals surface area contributed by atoms with Gasteiger partial charge in [0.05, 0.1) is 5.92 Å². The van der Waals surface area contributed by atoms with Gasteiger partial charge in [-0.1, -0.05) is 13.8 Å². The third-order valence-corrected chi connectivity index (χ3v) is 3.29. The maximum absolute atomic E-state index is 11.8. The average Bonchev–Trinajstić information content (AvgIpc) is 2.66. The summed E-state index contributed by atoms with van der Waals surface area (Å²) in [6.45, 7) is 10.1. The maximum atomic E-state index is 11.8. The number of rotatable bonds is 5. The van der Waals surface area contributed by atoms with Crippen LogP contribution in [0.5, 0.6) is 0 Å². The van der Waals surface area contributed by atoms with E-state index in [9.17, 15) is 14.4 Å². The van der Waals surface area contributed by atoms with E-state index in [0.717, 1.165) is 0 Å². The van der Waals surface area contributed by atoms with Gasteiger partial charge in [0.1, 0.15) is 5.60 Å². The number of nitrogens with zero attached hydrogens (tertiary/aromatic N) is 1. The van der Waals surface area contributed by atoms with Crippen molar-refractivity contribution < 1.29 is 24.2 Å². The molecule has 1 atom stereocenters. The molecule has 0 bridgehead atoms. The number of hydrogen-bond donors (Lipinski definition) is 2. The highest BCUT2D eigenvalue weighted by atomic mass is 16.6. The Balaban J connectivity index is 2.49. The lowest BCUT2D eigenvalue weighted by atomic mass is 9.93. The number of likely N-dealkylation sites (tertiary alicyclic amines) is 1. The highest BCUT2D eigenvalue weighted by Gasteiger charge is 2.37. The fourth-order valence-electron chi connectivity index (χ4n) is 2.29. The van der Waals surface area contributed by atoms with Crippen LogP contribution in [0.15, 0.2) is 0 Å². The zero-order valence-corrected chi connectivity index (χ0v) is 13.9. The molecule has 1 rings (SSSR count). The van der Waals surface area contributed by atoms with Gasteiger partial charge in [0.15, 0.2) is 0 Å². The number of carboxylic acid groups (broad SMARTS) is 1. The predicted molar refractivity (Wildman–Crippen MR) is 80.3 cm³/mol. The Bertz CT molecular complexity index is 453. The average molecular weight is 314 g/mol. The number of nitrogens with one attached hydrogen (secondary N) is 1. The van der Waals surface area contributed by atoms with Gasteiger partial charge < -0.3 is 20.1 Å². The zero-order valence-electron chi connectivity index (χ0n) is 13.9. The van der Waals surface area contributed by atoms with Crippen LogP contribution in [0.25, 0.3) is 0 Å². The van der Waals surface area contributed by atoms with Crippen LogP contribution in [0.2, 0.25) is 0 Å². The molecule has 1 heterocycles. The van der Waals surface area contributed by atoms with Gasteiger partial charge in [0, 0.05) is 26.1 Å². The van der Waals surface area contributed by atoms with E-state index in [4.69, 9.17) is 9.84 Å². The minimum absolute atomic E-state index is 0.0465. The molecular formula is C15H26N2O5. The van der Waals surface area contributed by atoms with Crippen molar-refractivity contribution in [3.63, 3.8) is 0 Å². The lowest BCUT2D eigenvalue weighted by Gasteiger charge is -2.31. The first kappa shape index (κ1) is 18.3. The summed E-state index contributed by atoms with van der Waals surface area (Å²) in [6.07, 6.45) is -0.456. The second kappa shape index (κ2) is 6.54.